The summed E-state index contributed by atoms with van der Waals surface area (Å²) in [4.78, 5) is 24.4. The van der Waals surface area contributed by atoms with Gasteiger partial charge in [0.25, 0.3) is 5.91 Å². The van der Waals surface area contributed by atoms with Crippen LogP contribution in [0.4, 0.5) is 5.69 Å². The highest BCUT2D eigenvalue weighted by Crippen LogP contribution is 2.35. The monoisotopic (exact) mass is 423 g/mol. The molecule has 29 heavy (non-hydrogen) atoms. The summed E-state index contributed by atoms with van der Waals surface area (Å²) in [6.07, 6.45) is 5.05. The van der Waals surface area contributed by atoms with Gasteiger partial charge in [-0.3, -0.25) is 9.59 Å². The molecule has 1 aliphatic heterocycles. The third-order valence-electron chi connectivity index (χ3n) is 5.49. The number of amides is 2. The van der Waals surface area contributed by atoms with Crippen molar-refractivity contribution in [2.75, 3.05) is 18.9 Å². The van der Waals surface area contributed by atoms with Crippen molar-refractivity contribution in [3.63, 3.8) is 0 Å². The number of nitrogens with one attached hydrogen (secondary N) is 2. The first-order chi connectivity index (χ1) is 13.7. The van der Waals surface area contributed by atoms with Gasteiger partial charge in [-0.25, -0.2) is 8.42 Å². The van der Waals surface area contributed by atoms with E-state index in [1.807, 2.05) is 6.92 Å². The van der Waals surface area contributed by atoms with Crippen LogP contribution in [0.2, 0.25) is 0 Å². The van der Waals surface area contributed by atoms with E-state index in [1.54, 1.807) is 13.0 Å². The fraction of sp³-hybridized carbons (Fsp3) is 0.600. The lowest BCUT2D eigenvalue weighted by Crippen LogP contribution is -2.43. The first-order valence-electron chi connectivity index (χ1n) is 10.1. The van der Waals surface area contributed by atoms with Gasteiger partial charge in [0.1, 0.15) is 5.75 Å². The zero-order valence-corrected chi connectivity index (χ0v) is 18.0. The summed E-state index contributed by atoms with van der Waals surface area (Å²) >= 11 is 0. The quantitative estimate of drug-likeness (QED) is 0.730. The highest BCUT2D eigenvalue weighted by Gasteiger charge is 2.31. The zero-order valence-electron chi connectivity index (χ0n) is 17.2. The van der Waals surface area contributed by atoms with Crippen molar-refractivity contribution < 1.29 is 22.7 Å². The molecule has 0 radical (unpaired) electrons. The number of rotatable bonds is 6. The molecule has 1 aromatic carbocycles. The topological polar surface area (TPSA) is 105 Å². The van der Waals surface area contributed by atoms with Gasteiger partial charge >= 0.3 is 0 Å². The van der Waals surface area contributed by atoms with Gasteiger partial charge in [-0.1, -0.05) is 26.2 Å². The van der Waals surface area contributed by atoms with Crippen LogP contribution in [0.5, 0.6) is 5.75 Å². The number of aryl methyl sites for hydroxylation is 1. The number of ether oxygens (including phenoxy) is 1. The number of nitrogens with zero attached hydrogens (tertiary/aromatic N) is 1. The Morgan fingerprint density at radius 3 is 2.62 bits per heavy atom. The van der Waals surface area contributed by atoms with Crippen LogP contribution in [0.15, 0.2) is 17.0 Å². The lowest BCUT2D eigenvalue weighted by molar-refractivity contribution is -0.123. The molecule has 0 aromatic heterocycles. The Morgan fingerprint density at radius 1 is 1.28 bits per heavy atom. The van der Waals surface area contributed by atoms with Crippen LogP contribution >= 0.6 is 0 Å². The molecule has 1 heterocycles. The molecule has 0 bridgehead atoms. The van der Waals surface area contributed by atoms with Gasteiger partial charge < -0.3 is 15.4 Å². The van der Waals surface area contributed by atoms with E-state index in [9.17, 15) is 18.0 Å². The van der Waals surface area contributed by atoms with Crippen LogP contribution in [0.3, 0.4) is 0 Å². The molecule has 0 spiro atoms. The predicted octanol–water partition coefficient (Wildman–Crippen LogP) is 2.17. The molecule has 2 aliphatic rings. The number of hydrogen-bond donors (Lipinski definition) is 2. The molecular formula is C20H29N3O5S. The summed E-state index contributed by atoms with van der Waals surface area (Å²) in [7, 11) is -2.50. The van der Waals surface area contributed by atoms with Crippen LogP contribution < -0.4 is 15.4 Å². The Morgan fingerprint density at radius 2 is 1.97 bits per heavy atom. The first kappa shape index (κ1) is 21.6. The number of benzene rings is 1. The molecular weight excluding hydrogens is 394 g/mol. The van der Waals surface area contributed by atoms with E-state index in [2.05, 4.69) is 10.6 Å². The van der Waals surface area contributed by atoms with E-state index in [0.29, 0.717) is 23.4 Å². The second-order valence-electron chi connectivity index (χ2n) is 7.78. The summed E-state index contributed by atoms with van der Waals surface area (Å²) in [6.45, 7) is 3.23. The first-order valence-corrected chi connectivity index (χ1v) is 11.5. The number of carbonyl (C=O) groups excluding carboxylic acids is 2. The lowest BCUT2D eigenvalue weighted by atomic mass is 9.95. The molecule has 1 aliphatic carbocycles. The Hall–Kier alpha value is -2.13. The summed E-state index contributed by atoms with van der Waals surface area (Å²) in [5.74, 6) is -0.222. The lowest BCUT2D eigenvalue weighted by Gasteiger charge is -2.27. The van der Waals surface area contributed by atoms with Gasteiger partial charge in [-0.15, -0.1) is 0 Å². The molecule has 0 saturated heterocycles. The molecule has 1 aromatic rings. The fourth-order valence-corrected chi connectivity index (χ4v) is 5.15. The van der Waals surface area contributed by atoms with Crippen LogP contribution in [0.1, 0.15) is 51.0 Å². The highest BCUT2D eigenvalue weighted by molar-refractivity contribution is 7.89. The average Bonchev–Trinajstić information content (AvgIpc) is 2.67. The van der Waals surface area contributed by atoms with Gasteiger partial charge in [-0.05, 0) is 37.8 Å². The van der Waals surface area contributed by atoms with Crippen LogP contribution in [-0.2, 0) is 19.6 Å². The number of sulfonamides is 1. The largest absolute Gasteiger partial charge is 0.478 e. The number of fused-ring (bicyclic) bond motifs is 1. The second kappa shape index (κ2) is 8.71. The van der Waals surface area contributed by atoms with Gasteiger partial charge in [0, 0.05) is 19.2 Å². The number of carbonyl (C=O) groups is 2. The summed E-state index contributed by atoms with van der Waals surface area (Å²) in [5, 5.41) is 5.69. The van der Waals surface area contributed by atoms with Gasteiger partial charge in [0.2, 0.25) is 15.9 Å². The minimum Gasteiger partial charge on any atom is -0.478 e. The van der Waals surface area contributed by atoms with Crippen LogP contribution in [0, 0.1) is 6.92 Å². The molecule has 1 atom stereocenters. The molecule has 0 unspecified atom stereocenters. The molecule has 3 rings (SSSR count). The van der Waals surface area contributed by atoms with Crippen LogP contribution in [-0.4, -0.2) is 50.3 Å². The molecule has 1 saturated carbocycles. The van der Waals surface area contributed by atoms with Crippen LogP contribution in [0.25, 0.3) is 0 Å². The normalized spacial score (nSPS) is 20.0. The maximum absolute atomic E-state index is 13.1. The van der Waals surface area contributed by atoms with Crippen molar-refractivity contribution in [1.82, 2.24) is 9.62 Å². The van der Waals surface area contributed by atoms with Crippen molar-refractivity contribution in [2.45, 2.75) is 69.4 Å². The molecule has 8 nitrogen and oxygen atoms in total. The molecule has 9 heteroatoms. The fourth-order valence-electron chi connectivity index (χ4n) is 3.81. The van der Waals surface area contributed by atoms with Gasteiger partial charge in [0.15, 0.2) is 6.10 Å². The summed E-state index contributed by atoms with van der Waals surface area (Å²) in [5.41, 5.74) is 0.927. The highest BCUT2D eigenvalue weighted by atomic mass is 32.2. The smallest absolute Gasteiger partial charge is 0.265 e. The van der Waals surface area contributed by atoms with Gasteiger partial charge in [0.05, 0.1) is 17.1 Å². The Balaban J connectivity index is 1.76. The maximum atomic E-state index is 13.1. The number of anilines is 1. The van der Waals surface area contributed by atoms with Crippen molar-refractivity contribution >= 4 is 27.5 Å². The van der Waals surface area contributed by atoms with Crippen molar-refractivity contribution in [3.05, 3.63) is 17.7 Å². The Bertz CT molecular complexity index is 894. The van der Waals surface area contributed by atoms with Crippen molar-refractivity contribution in [1.29, 1.82) is 0 Å². The van der Waals surface area contributed by atoms with E-state index >= 15 is 0 Å². The number of hydrogen-bond acceptors (Lipinski definition) is 5. The SMILES string of the molecule is CC[C@@H]1Oc2cc(S(=O)(=O)N(C)CC(=O)NC3CCCCC3)c(C)cc2NC1=O. The van der Waals surface area contributed by atoms with E-state index in [-0.39, 0.29) is 29.3 Å². The summed E-state index contributed by atoms with van der Waals surface area (Å²) < 4.78 is 32.9. The van der Waals surface area contributed by atoms with E-state index in [1.165, 1.54) is 19.5 Å². The van der Waals surface area contributed by atoms with E-state index in [0.717, 1.165) is 30.0 Å². The third-order valence-corrected chi connectivity index (χ3v) is 7.44. The Kier molecular flexibility index (Phi) is 6.48. The third kappa shape index (κ3) is 4.72. The Labute approximate surface area is 172 Å². The molecule has 160 valence electrons. The molecule has 2 amide bonds. The number of likely N-dealkylation sites (N-methyl/N-ethyl adjacent to an activating group) is 1. The standard InChI is InChI=1S/C20H29N3O5S/c1-4-16-20(25)22-15-10-13(2)18(11-17(15)28-16)29(26,27)23(3)12-19(24)21-14-8-6-5-7-9-14/h10-11,14,16H,4-9,12H2,1-3H3,(H,21,24)(H,22,25)/t16-/m0/s1. The van der Waals surface area contributed by atoms with E-state index < -0.39 is 16.1 Å². The molecule has 1 fully saturated rings. The minimum absolute atomic E-state index is 0.0650. The van der Waals surface area contributed by atoms with Crippen molar-refractivity contribution in [2.24, 2.45) is 0 Å². The predicted molar refractivity (Wildman–Crippen MR) is 109 cm³/mol. The van der Waals surface area contributed by atoms with Crippen molar-refractivity contribution in [3.8, 4) is 5.75 Å². The minimum atomic E-state index is -3.90. The maximum Gasteiger partial charge on any atom is 0.265 e. The summed E-state index contributed by atoms with van der Waals surface area (Å²) in [6, 6.07) is 3.14. The zero-order chi connectivity index (χ0) is 21.2. The van der Waals surface area contributed by atoms with E-state index in [4.69, 9.17) is 4.74 Å². The van der Waals surface area contributed by atoms with Gasteiger partial charge in [-0.2, -0.15) is 4.31 Å². The molecule has 2 N–H and O–H groups in total. The second-order valence-corrected chi connectivity index (χ2v) is 9.79. The average molecular weight is 424 g/mol.